The third-order valence-electron chi connectivity index (χ3n) is 5.14. The fraction of sp³-hybridized carbons (Fsp3) is 0.400. The molecule has 0 saturated carbocycles. The first kappa shape index (κ1) is 14.4. The van der Waals surface area contributed by atoms with E-state index < -0.39 is 0 Å². The van der Waals surface area contributed by atoms with Crippen LogP contribution in [0.3, 0.4) is 0 Å². The van der Waals surface area contributed by atoms with E-state index in [0.717, 1.165) is 12.2 Å². The lowest BCUT2D eigenvalue weighted by Gasteiger charge is -2.32. The maximum absolute atomic E-state index is 2.70. The average Bonchev–Trinajstić information content (AvgIpc) is 3.04. The molecular formula is C20H24NP. The largest absolute Gasteiger partial charge is 0.298 e. The minimum absolute atomic E-state index is 0.0625. The van der Waals surface area contributed by atoms with Crippen molar-refractivity contribution in [2.45, 2.75) is 31.5 Å². The maximum atomic E-state index is 2.70. The molecule has 22 heavy (non-hydrogen) atoms. The monoisotopic (exact) mass is 309 g/mol. The fourth-order valence-electron chi connectivity index (χ4n) is 3.99. The molecule has 1 saturated heterocycles. The highest BCUT2D eigenvalue weighted by Crippen LogP contribution is 2.49. The van der Waals surface area contributed by atoms with Crippen molar-refractivity contribution in [3.63, 3.8) is 0 Å². The molecule has 0 amide bonds. The molecular weight excluding hydrogens is 285 g/mol. The summed E-state index contributed by atoms with van der Waals surface area (Å²) in [6, 6.07) is 20.3. The first-order chi connectivity index (χ1) is 10.9. The van der Waals surface area contributed by atoms with Crippen molar-refractivity contribution in [2.75, 3.05) is 19.3 Å². The average molecular weight is 309 g/mol. The summed E-state index contributed by atoms with van der Waals surface area (Å²) in [6.07, 6.45) is 5.52. The number of hydrogen-bond donors (Lipinski definition) is 0. The van der Waals surface area contributed by atoms with Crippen molar-refractivity contribution in [2.24, 2.45) is 0 Å². The van der Waals surface area contributed by atoms with Crippen LogP contribution >= 0.6 is 7.92 Å². The molecule has 0 unspecified atom stereocenters. The summed E-state index contributed by atoms with van der Waals surface area (Å²) in [5.74, 6) is 0. The molecule has 0 bridgehead atoms. The quantitative estimate of drug-likeness (QED) is 0.774. The van der Waals surface area contributed by atoms with Crippen LogP contribution in [0.5, 0.6) is 0 Å². The highest BCUT2D eigenvalue weighted by Gasteiger charge is 2.30. The predicted molar refractivity (Wildman–Crippen MR) is 96.3 cm³/mol. The van der Waals surface area contributed by atoms with Gasteiger partial charge < -0.3 is 0 Å². The second-order valence-electron chi connectivity index (χ2n) is 6.58. The number of benzene rings is 2. The van der Waals surface area contributed by atoms with Gasteiger partial charge in [0.15, 0.2) is 0 Å². The van der Waals surface area contributed by atoms with Gasteiger partial charge in [0.05, 0.1) is 0 Å². The minimum Gasteiger partial charge on any atom is -0.298 e. The van der Waals surface area contributed by atoms with E-state index in [1.807, 2.05) is 0 Å². The molecule has 2 heteroatoms. The number of hydrogen-bond acceptors (Lipinski definition) is 1. The molecule has 0 N–H and O–H groups in total. The van der Waals surface area contributed by atoms with Gasteiger partial charge in [-0.25, -0.2) is 0 Å². The van der Waals surface area contributed by atoms with Crippen LogP contribution < -0.4 is 5.30 Å². The van der Waals surface area contributed by atoms with Crippen LogP contribution in [0.2, 0.25) is 0 Å². The highest BCUT2D eigenvalue weighted by molar-refractivity contribution is 7.66. The zero-order chi connectivity index (χ0) is 14.8. The second kappa shape index (κ2) is 6.52. The third-order valence-corrected chi connectivity index (χ3v) is 8.21. The van der Waals surface area contributed by atoms with E-state index in [4.69, 9.17) is 0 Å². The van der Waals surface area contributed by atoms with Gasteiger partial charge in [-0.05, 0) is 47.5 Å². The van der Waals surface area contributed by atoms with E-state index in [-0.39, 0.29) is 7.92 Å². The van der Waals surface area contributed by atoms with Crippen molar-refractivity contribution in [1.29, 1.82) is 0 Å². The molecule has 2 aromatic carbocycles. The maximum Gasteiger partial charge on any atom is 0.0236 e. The van der Waals surface area contributed by atoms with Gasteiger partial charge in [0.2, 0.25) is 0 Å². The van der Waals surface area contributed by atoms with Crippen molar-refractivity contribution in [3.8, 4) is 0 Å². The van der Waals surface area contributed by atoms with Gasteiger partial charge in [-0.3, -0.25) is 4.90 Å². The fourth-order valence-corrected chi connectivity index (χ4v) is 7.04. The summed E-state index contributed by atoms with van der Waals surface area (Å²) in [7, 11) is 0.0625. The molecule has 2 aromatic rings. The molecule has 1 fully saturated rings. The van der Waals surface area contributed by atoms with Gasteiger partial charge in [0.1, 0.15) is 0 Å². The SMILES string of the molecule is c1ccc([P@]2CCC[C@@H]2CN2CCc3ccccc3C2)cc1. The summed E-state index contributed by atoms with van der Waals surface area (Å²) in [5.41, 5.74) is 4.02. The topological polar surface area (TPSA) is 3.24 Å². The first-order valence-electron chi connectivity index (χ1n) is 8.51. The Labute approximate surface area is 135 Å². The zero-order valence-electron chi connectivity index (χ0n) is 13.1. The highest BCUT2D eigenvalue weighted by atomic mass is 31.1. The van der Waals surface area contributed by atoms with Gasteiger partial charge >= 0.3 is 0 Å². The number of fused-ring (bicyclic) bond motifs is 1. The predicted octanol–water partition coefficient (Wildman–Crippen LogP) is 4.01. The van der Waals surface area contributed by atoms with E-state index in [1.165, 1.54) is 38.5 Å². The van der Waals surface area contributed by atoms with Gasteiger partial charge in [0.25, 0.3) is 0 Å². The van der Waals surface area contributed by atoms with E-state index >= 15 is 0 Å². The Kier molecular flexibility index (Phi) is 4.28. The minimum atomic E-state index is 0.0625. The molecule has 114 valence electrons. The third kappa shape index (κ3) is 2.98. The van der Waals surface area contributed by atoms with Crippen LogP contribution in [0.4, 0.5) is 0 Å². The Balaban J connectivity index is 1.45. The van der Waals surface area contributed by atoms with Gasteiger partial charge in [-0.1, -0.05) is 62.5 Å². The number of rotatable bonds is 3. The summed E-state index contributed by atoms with van der Waals surface area (Å²) < 4.78 is 0. The lowest BCUT2D eigenvalue weighted by molar-refractivity contribution is 0.253. The number of nitrogens with zero attached hydrogens (tertiary/aromatic N) is 1. The van der Waals surface area contributed by atoms with Crippen LogP contribution in [0.25, 0.3) is 0 Å². The molecule has 2 aliphatic heterocycles. The van der Waals surface area contributed by atoms with E-state index in [0.29, 0.717) is 0 Å². The Hall–Kier alpha value is -1.17. The normalized spacial score (nSPS) is 25.1. The summed E-state index contributed by atoms with van der Waals surface area (Å²) in [4.78, 5) is 2.70. The van der Waals surface area contributed by atoms with Crippen LogP contribution in [0.15, 0.2) is 54.6 Å². The first-order valence-corrected chi connectivity index (χ1v) is 10.1. The second-order valence-corrected chi connectivity index (χ2v) is 9.21. The van der Waals surface area contributed by atoms with Crippen LogP contribution in [0.1, 0.15) is 24.0 Å². The Morgan fingerprint density at radius 3 is 2.59 bits per heavy atom. The van der Waals surface area contributed by atoms with Crippen LogP contribution in [0, 0.1) is 0 Å². The van der Waals surface area contributed by atoms with Crippen molar-refractivity contribution in [3.05, 3.63) is 65.7 Å². The van der Waals surface area contributed by atoms with Gasteiger partial charge in [-0.2, -0.15) is 0 Å². The molecule has 0 spiro atoms. The van der Waals surface area contributed by atoms with E-state index in [1.54, 1.807) is 16.4 Å². The summed E-state index contributed by atoms with van der Waals surface area (Å²) in [5, 5.41) is 1.62. The summed E-state index contributed by atoms with van der Waals surface area (Å²) >= 11 is 0. The van der Waals surface area contributed by atoms with Crippen molar-refractivity contribution >= 4 is 13.2 Å². The molecule has 4 rings (SSSR count). The molecule has 0 aromatic heterocycles. The van der Waals surface area contributed by atoms with E-state index in [2.05, 4.69) is 59.5 Å². The smallest absolute Gasteiger partial charge is 0.0236 e. The lowest BCUT2D eigenvalue weighted by Crippen LogP contribution is -2.36. The Morgan fingerprint density at radius 2 is 1.73 bits per heavy atom. The lowest BCUT2D eigenvalue weighted by atomic mass is 10.00. The van der Waals surface area contributed by atoms with Crippen molar-refractivity contribution in [1.82, 2.24) is 4.90 Å². The standard InChI is InChI=1S/C20H24NP/c1-2-9-19(10-3-1)22-14-6-11-20(22)16-21-13-12-17-7-4-5-8-18(17)15-21/h1-5,7-10,20H,6,11-16H2/t20-,22+/m1/s1. The Morgan fingerprint density at radius 1 is 0.955 bits per heavy atom. The van der Waals surface area contributed by atoms with Gasteiger partial charge in [-0.15, -0.1) is 0 Å². The molecule has 2 heterocycles. The molecule has 0 aliphatic carbocycles. The molecule has 1 nitrogen and oxygen atoms in total. The van der Waals surface area contributed by atoms with Crippen LogP contribution in [-0.4, -0.2) is 29.8 Å². The Bertz CT molecular complexity index is 625. The molecule has 0 radical (unpaired) electrons. The van der Waals surface area contributed by atoms with Gasteiger partial charge in [0, 0.05) is 19.6 Å². The van der Waals surface area contributed by atoms with Crippen molar-refractivity contribution < 1.29 is 0 Å². The molecule has 2 aliphatic rings. The van der Waals surface area contributed by atoms with E-state index in [9.17, 15) is 0 Å². The van der Waals surface area contributed by atoms with Crippen LogP contribution in [-0.2, 0) is 13.0 Å². The summed E-state index contributed by atoms with van der Waals surface area (Å²) in [6.45, 7) is 3.70. The molecule has 2 atom stereocenters. The zero-order valence-corrected chi connectivity index (χ0v) is 14.0.